The predicted molar refractivity (Wildman–Crippen MR) is 89.5 cm³/mol. The topological polar surface area (TPSA) is 34.4 Å². The van der Waals surface area contributed by atoms with Gasteiger partial charge in [0.2, 0.25) is 0 Å². The summed E-state index contributed by atoms with van der Waals surface area (Å²) in [5, 5.41) is 0. The first-order valence-electron chi connectivity index (χ1n) is 6.73. The number of carbonyl (C=O) groups excluding carboxylic acids is 1. The summed E-state index contributed by atoms with van der Waals surface area (Å²) < 4.78 is 17.6. The van der Waals surface area contributed by atoms with E-state index >= 15 is 0 Å². The fourth-order valence-corrected chi connectivity index (χ4v) is 4.08. The van der Waals surface area contributed by atoms with Gasteiger partial charge in [0.15, 0.2) is 4.80 Å². The standard InChI is InChI=1S/C16H12BrFN2OS/c1-2-20-14-11(17)7-5-9-13(14)22-16(20)19-15(21)10-6-3-4-8-12(10)18/h3-9H,2H2,1H3. The molecule has 0 aliphatic carbocycles. The molecular formula is C16H12BrFN2OS. The summed E-state index contributed by atoms with van der Waals surface area (Å²) in [4.78, 5) is 16.9. The fraction of sp³-hybridized carbons (Fsp3) is 0.125. The van der Waals surface area contributed by atoms with Gasteiger partial charge in [0.05, 0.1) is 15.8 Å². The molecule has 0 radical (unpaired) electrons. The lowest BCUT2D eigenvalue weighted by Gasteiger charge is -2.02. The van der Waals surface area contributed by atoms with Crippen LogP contribution in [0.5, 0.6) is 0 Å². The highest BCUT2D eigenvalue weighted by atomic mass is 79.9. The third-order valence-electron chi connectivity index (χ3n) is 3.27. The summed E-state index contributed by atoms with van der Waals surface area (Å²) >= 11 is 4.94. The van der Waals surface area contributed by atoms with Crippen molar-refractivity contribution >= 4 is 43.4 Å². The van der Waals surface area contributed by atoms with E-state index in [1.807, 2.05) is 29.7 Å². The van der Waals surface area contributed by atoms with Gasteiger partial charge >= 0.3 is 0 Å². The minimum Gasteiger partial charge on any atom is -0.316 e. The van der Waals surface area contributed by atoms with Crippen LogP contribution < -0.4 is 4.80 Å². The van der Waals surface area contributed by atoms with Gasteiger partial charge in [0.1, 0.15) is 5.82 Å². The Hall–Kier alpha value is -1.79. The minimum absolute atomic E-state index is 0.0123. The minimum atomic E-state index is -0.567. The molecule has 2 aromatic carbocycles. The molecule has 22 heavy (non-hydrogen) atoms. The lowest BCUT2D eigenvalue weighted by Crippen LogP contribution is -2.16. The maximum atomic E-state index is 13.7. The molecule has 0 aliphatic rings. The number of aryl methyl sites for hydroxylation is 1. The van der Waals surface area contributed by atoms with Crippen LogP contribution in [0.15, 0.2) is 51.9 Å². The van der Waals surface area contributed by atoms with E-state index < -0.39 is 11.7 Å². The van der Waals surface area contributed by atoms with E-state index in [-0.39, 0.29) is 5.56 Å². The molecule has 0 unspecified atom stereocenters. The highest BCUT2D eigenvalue weighted by Gasteiger charge is 2.12. The zero-order valence-corrected chi connectivity index (χ0v) is 14.1. The van der Waals surface area contributed by atoms with Gasteiger partial charge in [-0.3, -0.25) is 4.79 Å². The van der Waals surface area contributed by atoms with Gasteiger partial charge in [0.25, 0.3) is 5.91 Å². The molecule has 0 saturated heterocycles. The summed E-state index contributed by atoms with van der Waals surface area (Å²) in [5.74, 6) is -1.12. The number of aromatic nitrogens is 1. The molecule has 6 heteroatoms. The monoisotopic (exact) mass is 378 g/mol. The Morgan fingerprint density at radius 1 is 1.27 bits per heavy atom. The quantitative estimate of drug-likeness (QED) is 0.651. The average Bonchev–Trinajstić information content (AvgIpc) is 2.86. The summed E-state index contributed by atoms with van der Waals surface area (Å²) in [6.07, 6.45) is 0. The third kappa shape index (κ3) is 2.64. The second-order valence-electron chi connectivity index (χ2n) is 4.61. The molecule has 3 aromatic rings. The number of benzene rings is 2. The number of halogens is 2. The molecular weight excluding hydrogens is 367 g/mol. The first-order valence-corrected chi connectivity index (χ1v) is 8.34. The molecule has 1 heterocycles. The number of thiazole rings is 1. The Morgan fingerprint density at radius 2 is 2.05 bits per heavy atom. The van der Waals surface area contributed by atoms with E-state index in [1.165, 1.54) is 23.5 Å². The van der Waals surface area contributed by atoms with Crippen molar-refractivity contribution in [3.8, 4) is 0 Å². The van der Waals surface area contributed by atoms with Crippen molar-refractivity contribution in [2.45, 2.75) is 13.5 Å². The van der Waals surface area contributed by atoms with Gasteiger partial charge in [0, 0.05) is 11.0 Å². The van der Waals surface area contributed by atoms with E-state index in [1.54, 1.807) is 12.1 Å². The van der Waals surface area contributed by atoms with Crippen LogP contribution in [0.3, 0.4) is 0 Å². The van der Waals surface area contributed by atoms with E-state index in [4.69, 9.17) is 0 Å². The molecule has 0 N–H and O–H groups in total. The van der Waals surface area contributed by atoms with Crippen LogP contribution in [0.2, 0.25) is 0 Å². The van der Waals surface area contributed by atoms with Crippen molar-refractivity contribution in [1.82, 2.24) is 4.57 Å². The van der Waals surface area contributed by atoms with Crippen LogP contribution in [0, 0.1) is 5.82 Å². The maximum absolute atomic E-state index is 13.7. The summed E-state index contributed by atoms with van der Waals surface area (Å²) in [6, 6.07) is 11.7. The molecule has 112 valence electrons. The number of carbonyl (C=O) groups is 1. The number of fused-ring (bicyclic) bond motifs is 1. The van der Waals surface area contributed by atoms with Gasteiger partial charge in [-0.25, -0.2) is 4.39 Å². The first-order chi connectivity index (χ1) is 10.6. The van der Waals surface area contributed by atoms with Crippen molar-refractivity contribution in [1.29, 1.82) is 0 Å². The van der Waals surface area contributed by atoms with Crippen LogP contribution in [0.25, 0.3) is 10.2 Å². The van der Waals surface area contributed by atoms with Gasteiger partial charge in [-0.15, -0.1) is 0 Å². The molecule has 0 spiro atoms. The summed E-state index contributed by atoms with van der Waals surface area (Å²) in [5.41, 5.74) is 0.983. The first kappa shape index (κ1) is 15.1. The number of amides is 1. The molecule has 0 aliphatic heterocycles. The van der Waals surface area contributed by atoms with E-state index in [0.29, 0.717) is 11.3 Å². The summed E-state index contributed by atoms with van der Waals surface area (Å²) in [7, 11) is 0. The van der Waals surface area contributed by atoms with Gasteiger partial charge in [-0.05, 0) is 47.1 Å². The van der Waals surface area contributed by atoms with Crippen LogP contribution in [-0.4, -0.2) is 10.5 Å². The third-order valence-corrected chi connectivity index (χ3v) is 4.95. The number of rotatable bonds is 2. The van der Waals surface area contributed by atoms with Gasteiger partial charge in [-0.1, -0.05) is 29.5 Å². The lowest BCUT2D eigenvalue weighted by molar-refractivity contribution is 0.0994. The van der Waals surface area contributed by atoms with Crippen LogP contribution in [0.4, 0.5) is 4.39 Å². The van der Waals surface area contributed by atoms with Crippen molar-refractivity contribution in [3.63, 3.8) is 0 Å². The van der Waals surface area contributed by atoms with Crippen LogP contribution in [-0.2, 0) is 6.54 Å². The van der Waals surface area contributed by atoms with Crippen LogP contribution >= 0.6 is 27.3 Å². The fourth-order valence-electron chi connectivity index (χ4n) is 2.25. The molecule has 0 bridgehead atoms. The van der Waals surface area contributed by atoms with Gasteiger partial charge < -0.3 is 4.57 Å². The van der Waals surface area contributed by atoms with Gasteiger partial charge in [-0.2, -0.15) is 4.99 Å². The van der Waals surface area contributed by atoms with E-state index in [9.17, 15) is 9.18 Å². The van der Waals surface area contributed by atoms with Crippen LogP contribution in [0.1, 0.15) is 17.3 Å². The Labute approximate surface area is 138 Å². The molecule has 0 atom stereocenters. The molecule has 0 saturated carbocycles. The lowest BCUT2D eigenvalue weighted by atomic mass is 10.2. The summed E-state index contributed by atoms with van der Waals surface area (Å²) in [6.45, 7) is 2.66. The zero-order valence-electron chi connectivity index (χ0n) is 11.7. The second-order valence-corrected chi connectivity index (χ2v) is 6.48. The van der Waals surface area contributed by atoms with Crippen molar-refractivity contribution in [2.24, 2.45) is 4.99 Å². The second kappa shape index (κ2) is 6.14. The average molecular weight is 379 g/mol. The van der Waals surface area contributed by atoms with Crippen molar-refractivity contribution in [2.75, 3.05) is 0 Å². The Morgan fingerprint density at radius 3 is 2.77 bits per heavy atom. The Bertz CT molecular complexity index is 929. The van der Waals surface area contributed by atoms with Crippen molar-refractivity contribution < 1.29 is 9.18 Å². The molecule has 0 fully saturated rings. The smallest absolute Gasteiger partial charge is 0.282 e. The Kier molecular flexibility index (Phi) is 4.22. The van der Waals surface area contributed by atoms with Crippen molar-refractivity contribution in [3.05, 3.63) is 63.1 Å². The molecule has 1 amide bonds. The Balaban J connectivity index is 2.20. The normalized spacial score (nSPS) is 12.0. The van der Waals surface area contributed by atoms with E-state index in [0.717, 1.165) is 14.7 Å². The van der Waals surface area contributed by atoms with E-state index in [2.05, 4.69) is 20.9 Å². The largest absolute Gasteiger partial charge is 0.316 e. The highest BCUT2D eigenvalue weighted by Crippen LogP contribution is 2.25. The maximum Gasteiger partial charge on any atom is 0.282 e. The predicted octanol–water partition coefficient (Wildman–Crippen LogP) is 4.37. The number of nitrogens with zero attached hydrogens (tertiary/aromatic N) is 2. The highest BCUT2D eigenvalue weighted by molar-refractivity contribution is 9.10. The molecule has 3 rings (SSSR count). The molecule has 3 nitrogen and oxygen atoms in total. The number of hydrogen-bond acceptors (Lipinski definition) is 2. The molecule has 1 aromatic heterocycles. The zero-order chi connectivity index (χ0) is 15.7. The number of para-hydroxylation sites is 1. The SMILES string of the molecule is CCn1c(=NC(=O)c2ccccc2F)sc2cccc(Br)c21. The number of hydrogen-bond donors (Lipinski definition) is 0.